The van der Waals surface area contributed by atoms with Crippen molar-refractivity contribution >= 4 is 0 Å². The molecule has 3 aliphatic rings. The maximum atomic E-state index is 2.47. The summed E-state index contributed by atoms with van der Waals surface area (Å²) in [7, 11) is 0. The Labute approximate surface area is 111 Å². The van der Waals surface area contributed by atoms with Crippen LogP contribution in [0, 0.1) is 35.0 Å². The maximum absolute atomic E-state index is 2.47. The van der Waals surface area contributed by atoms with E-state index in [1.807, 2.05) is 0 Å². The van der Waals surface area contributed by atoms with Gasteiger partial charge >= 0.3 is 0 Å². The number of allylic oxidation sites excluding steroid dienone is 8. The highest BCUT2D eigenvalue weighted by molar-refractivity contribution is 5.24. The molecular weight excluding hydrogens is 216 g/mol. The summed E-state index contributed by atoms with van der Waals surface area (Å²) in [6.07, 6.45) is 20.1. The van der Waals surface area contributed by atoms with Gasteiger partial charge in [-0.05, 0) is 41.4 Å². The standard InChI is InChI=1S/C18H24/c1-13-12-14-8-4-6-10-16(14)18(2,3)17-11-7-5-9-15(13)17/h4-11,13-17H,12H2,1-3H3. The predicted molar refractivity (Wildman–Crippen MR) is 78.1 cm³/mol. The minimum Gasteiger partial charge on any atom is -0.0808 e. The average Bonchev–Trinajstić information content (AvgIpc) is 2.46. The predicted octanol–water partition coefficient (Wildman–Crippen LogP) is 4.77. The lowest BCUT2D eigenvalue weighted by atomic mass is 9.61. The first-order chi connectivity index (χ1) is 8.60. The molecule has 3 aliphatic carbocycles. The topological polar surface area (TPSA) is 0 Å². The second-order valence-electron chi connectivity index (χ2n) is 6.87. The first-order valence-electron chi connectivity index (χ1n) is 7.30. The molecular formula is C18H24. The van der Waals surface area contributed by atoms with Crippen LogP contribution in [-0.2, 0) is 0 Å². The van der Waals surface area contributed by atoms with Crippen molar-refractivity contribution in [2.45, 2.75) is 27.2 Å². The minimum absolute atomic E-state index is 0.350. The average molecular weight is 240 g/mol. The fourth-order valence-corrected chi connectivity index (χ4v) is 4.40. The van der Waals surface area contributed by atoms with Crippen LogP contribution >= 0.6 is 0 Å². The van der Waals surface area contributed by atoms with Crippen LogP contribution in [0.15, 0.2) is 48.6 Å². The van der Waals surface area contributed by atoms with E-state index in [9.17, 15) is 0 Å². The fraction of sp³-hybridized carbons (Fsp3) is 0.556. The summed E-state index contributed by atoms with van der Waals surface area (Å²) in [6.45, 7) is 7.37. The summed E-state index contributed by atoms with van der Waals surface area (Å²) in [5.41, 5.74) is 0.350. The van der Waals surface area contributed by atoms with E-state index in [-0.39, 0.29) is 0 Å². The van der Waals surface area contributed by atoms with Crippen molar-refractivity contribution in [1.29, 1.82) is 0 Å². The van der Waals surface area contributed by atoms with Crippen molar-refractivity contribution in [3.05, 3.63) is 48.6 Å². The lowest BCUT2D eigenvalue weighted by Crippen LogP contribution is -2.36. The van der Waals surface area contributed by atoms with Gasteiger partial charge in [-0.25, -0.2) is 0 Å². The van der Waals surface area contributed by atoms with Crippen LogP contribution in [0.25, 0.3) is 0 Å². The van der Waals surface area contributed by atoms with Crippen LogP contribution in [0.5, 0.6) is 0 Å². The highest BCUT2D eigenvalue weighted by Gasteiger charge is 2.46. The molecule has 5 atom stereocenters. The third kappa shape index (κ3) is 1.74. The van der Waals surface area contributed by atoms with Gasteiger partial charge in [-0.15, -0.1) is 0 Å². The van der Waals surface area contributed by atoms with E-state index in [2.05, 4.69) is 69.4 Å². The second kappa shape index (κ2) is 4.26. The van der Waals surface area contributed by atoms with E-state index in [1.54, 1.807) is 0 Å². The number of fused-ring (bicyclic) bond motifs is 2. The van der Waals surface area contributed by atoms with Crippen LogP contribution in [0.4, 0.5) is 0 Å². The summed E-state index contributed by atoms with van der Waals surface area (Å²) in [5, 5.41) is 0. The number of hydrogen-bond donors (Lipinski definition) is 0. The molecule has 0 aromatic carbocycles. The Morgan fingerprint density at radius 1 is 0.833 bits per heavy atom. The zero-order chi connectivity index (χ0) is 12.8. The monoisotopic (exact) mass is 240 g/mol. The molecule has 0 bridgehead atoms. The van der Waals surface area contributed by atoms with E-state index in [0.717, 1.165) is 17.8 Å². The quantitative estimate of drug-likeness (QED) is 0.572. The molecule has 96 valence electrons. The van der Waals surface area contributed by atoms with Crippen molar-refractivity contribution in [1.82, 2.24) is 0 Å². The zero-order valence-electron chi connectivity index (χ0n) is 11.7. The Bertz CT molecular complexity index is 433. The molecule has 1 fully saturated rings. The van der Waals surface area contributed by atoms with E-state index < -0.39 is 0 Å². The molecule has 0 aromatic rings. The molecule has 5 unspecified atom stereocenters. The Morgan fingerprint density at radius 2 is 1.44 bits per heavy atom. The summed E-state index contributed by atoms with van der Waals surface area (Å²) >= 11 is 0. The van der Waals surface area contributed by atoms with Gasteiger partial charge in [0.25, 0.3) is 0 Å². The third-order valence-electron chi connectivity index (χ3n) is 5.45. The van der Waals surface area contributed by atoms with Crippen LogP contribution in [0.1, 0.15) is 27.2 Å². The molecule has 0 aromatic heterocycles. The summed E-state index contributed by atoms with van der Waals surface area (Å²) in [6, 6.07) is 0. The van der Waals surface area contributed by atoms with Gasteiger partial charge in [0.15, 0.2) is 0 Å². The van der Waals surface area contributed by atoms with Gasteiger partial charge < -0.3 is 0 Å². The van der Waals surface area contributed by atoms with Crippen molar-refractivity contribution < 1.29 is 0 Å². The molecule has 0 heterocycles. The van der Waals surface area contributed by atoms with Crippen LogP contribution in [-0.4, -0.2) is 0 Å². The smallest absolute Gasteiger partial charge is 0.0108 e. The molecule has 3 rings (SSSR count). The second-order valence-corrected chi connectivity index (χ2v) is 6.87. The number of rotatable bonds is 0. The molecule has 0 N–H and O–H groups in total. The summed E-state index contributed by atoms with van der Waals surface area (Å²) < 4.78 is 0. The van der Waals surface area contributed by atoms with Crippen molar-refractivity contribution in [2.75, 3.05) is 0 Å². The van der Waals surface area contributed by atoms with Crippen molar-refractivity contribution in [3.63, 3.8) is 0 Å². The van der Waals surface area contributed by atoms with Gasteiger partial charge in [-0.1, -0.05) is 69.4 Å². The normalized spacial score (nSPS) is 44.3. The highest BCUT2D eigenvalue weighted by Crippen LogP contribution is 2.53. The Kier molecular flexibility index (Phi) is 2.84. The molecule has 0 radical (unpaired) electrons. The molecule has 0 nitrogen and oxygen atoms in total. The first-order valence-corrected chi connectivity index (χ1v) is 7.30. The van der Waals surface area contributed by atoms with Crippen molar-refractivity contribution in [2.24, 2.45) is 35.0 Å². The fourth-order valence-electron chi connectivity index (χ4n) is 4.40. The Balaban J connectivity index is 2.04. The molecule has 0 aliphatic heterocycles. The first kappa shape index (κ1) is 12.0. The van der Waals surface area contributed by atoms with E-state index in [4.69, 9.17) is 0 Å². The van der Waals surface area contributed by atoms with Crippen LogP contribution in [0.2, 0.25) is 0 Å². The van der Waals surface area contributed by atoms with Gasteiger partial charge in [0, 0.05) is 0 Å². The van der Waals surface area contributed by atoms with Gasteiger partial charge in [0.2, 0.25) is 0 Å². The van der Waals surface area contributed by atoms with Gasteiger partial charge in [-0.2, -0.15) is 0 Å². The maximum Gasteiger partial charge on any atom is -0.0108 e. The Morgan fingerprint density at radius 3 is 2.22 bits per heavy atom. The van der Waals surface area contributed by atoms with E-state index >= 15 is 0 Å². The molecule has 18 heavy (non-hydrogen) atoms. The molecule has 0 spiro atoms. The van der Waals surface area contributed by atoms with E-state index in [1.165, 1.54) is 6.42 Å². The molecule has 0 amide bonds. The molecule has 0 heteroatoms. The zero-order valence-corrected chi connectivity index (χ0v) is 11.7. The highest BCUT2D eigenvalue weighted by atomic mass is 14.5. The largest absolute Gasteiger partial charge is 0.0808 e. The van der Waals surface area contributed by atoms with Crippen LogP contribution < -0.4 is 0 Å². The van der Waals surface area contributed by atoms with Gasteiger partial charge in [-0.3, -0.25) is 0 Å². The van der Waals surface area contributed by atoms with Gasteiger partial charge in [0.1, 0.15) is 0 Å². The van der Waals surface area contributed by atoms with Crippen molar-refractivity contribution in [3.8, 4) is 0 Å². The van der Waals surface area contributed by atoms with Gasteiger partial charge in [0.05, 0.1) is 0 Å². The third-order valence-corrected chi connectivity index (χ3v) is 5.45. The lowest BCUT2D eigenvalue weighted by Gasteiger charge is -2.43. The lowest BCUT2D eigenvalue weighted by molar-refractivity contribution is 0.136. The molecule has 0 saturated heterocycles. The van der Waals surface area contributed by atoms with Crippen LogP contribution in [0.3, 0.4) is 0 Å². The summed E-state index contributed by atoms with van der Waals surface area (Å²) in [5.74, 6) is 3.60. The number of hydrogen-bond acceptors (Lipinski definition) is 0. The minimum atomic E-state index is 0.350. The van der Waals surface area contributed by atoms with E-state index in [0.29, 0.717) is 17.3 Å². The summed E-state index contributed by atoms with van der Waals surface area (Å²) in [4.78, 5) is 0. The SMILES string of the molecule is CC1CC2C=CC=CC2C(C)(C)C2C=CC=CC12. The Hall–Kier alpha value is -1.04. The molecule has 1 saturated carbocycles.